The predicted octanol–water partition coefficient (Wildman–Crippen LogP) is 9.23. The molecule has 2 atom stereocenters. The lowest BCUT2D eigenvalue weighted by Crippen LogP contribution is -2.29. The summed E-state index contributed by atoms with van der Waals surface area (Å²) in [6, 6.07) is 33.6. The Kier molecular flexibility index (Phi) is 5.15. The van der Waals surface area contributed by atoms with Crippen LogP contribution in [-0.2, 0) is 4.74 Å². The molecule has 5 nitrogen and oxygen atoms in total. The second kappa shape index (κ2) is 9.23. The summed E-state index contributed by atoms with van der Waals surface area (Å²) in [6.07, 6.45) is 10.6. The van der Waals surface area contributed by atoms with E-state index in [0.717, 1.165) is 66.7 Å². The lowest BCUT2D eigenvalue weighted by molar-refractivity contribution is 0.106. The fourth-order valence-electron chi connectivity index (χ4n) is 7.09. The zero-order valence-electron chi connectivity index (χ0n) is 23.5. The zero-order chi connectivity index (χ0) is 29.4. The Morgan fingerprint density at radius 2 is 1.59 bits per heavy atom. The molecule has 206 valence electrons. The highest BCUT2D eigenvalue weighted by Crippen LogP contribution is 2.44. The molecule has 6 aromatic rings. The van der Waals surface area contributed by atoms with Crippen LogP contribution in [0.5, 0.6) is 0 Å². The summed E-state index contributed by atoms with van der Waals surface area (Å²) in [7, 11) is 0. The third kappa shape index (κ3) is 3.51. The molecule has 0 saturated carbocycles. The number of rotatable bonds is 2. The van der Waals surface area contributed by atoms with Gasteiger partial charge in [0.05, 0.1) is 28.4 Å². The first-order valence-corrected chi connectivity index (χ1v) is 14.7. The summed E-state index contributed by atoms with van der Waals surface area (Å²) in [6.45, 7) is 0. The molecular weight excluding hydrogens is 542 g/mol. The molecule has 0 amide bonds. The van der Waals surface area contributed by atoms with Crippen molar-refractivity contribution in [2.45, 2.75) is 12.5 Å². The van der Waals surface area contributed by atoms with Crippen LogP contribution in [0.1, 0.15) is 23.3 Å². The van der Waals surface area contributed by atoms with Gasteiger partial charge in [-0.05, 0) is 65.8 Å². The van der Waals surface area contributed by atoms with Crippen LogP contribution in [0.4, 0.5) is 0 Å². The molecule has 44 heavy (non-hydrogen) atoms. The van der Waals surface area contributed by atoms with Crippen LogP contribution < -0.4 is 0 Å². The van der Waals surface area contributed by atoms with Crippen molar-refractivity contribution < 1.29 is 9.15 Å². The Morgan fingerprint density at radius 3 is 2.36 bits per heavy atom. The second-order valence-electron chi connectivity index (χ2n) is 11.5. The number of furan rings is 1. The maximum Gasteiger partial charge on any atom is 0.135 e. The Balaban J connectivity index is 1.26. The Morgan fingerprint density at radius 1 is 0.795 bits per heavy atom. The van der Waals surface area contributed by atoms with Crippen LogP contribution in [0.25, 0.3) is 61.7 Å². The molecule has 0 N–H and O–H groups in total. The molecule has 1 saturated heterocycles. The summed E-state index contributed by atoms with van der Waals surface area (Å²) in [4.78, 5) is 0. The quantitative estimate of drug-likeness (QED) is 0.210. The number of aromatic nitrogens is 1. The van der Waals surface area contributed by atoms with E-state index in [9.17, 15) is 10.5 Å². The maximum absolute atomic E-state index is 10.3. The van der Waals surface area contributed by atoms with Gasteiger partial charge < -0.3 is 13.7 Å². The van der Waals surface area contributed by atoms with Gasteiger partial charge in [0.25, 0.3) is 0 Å². The fraction of sp³-hybridized carbons (Fsp3) is 0.0769. The van der Waals surface area contributed by atoms with E-state index in [1.54, 1.807) is 0 Å². The van der Waals surface area contributed by atoms with Gasteiger partial charge in [0.1, 0.15) is 29.3 Å². The van der Waals surface area contributed by atoms with E-state index in [0.29, 0.717) is 17.6 Å². The number of nitrogens with zero attached hydrogens (tertiary/aromatic N) is 3. The van der Waals surface area contributed by atoms with Gasteiger partial charge in [-0.3, -0.25) is 0 Å². The van der Waals surface area contributed by atoms with Gasteiger partial charge in [0.2, 0.25) is 0 Å². The summed E-state index contributed by atoms with van der Waals surface area (Å²) in [5.74, 6) is 1.69. The number of ether oxygens (including phenoxy) is 1. The van der Waals surface area contributed by atoms with Crippen molar-refractivity contribution in [2.75, 3.05) is 0 Å². The standard InChI is InChI=1S/C39H23N3O2/c40-21-23-12-14-36-31(16-23)26-17-27(43-36)20-33-32-18-24(13-15-37(32)44-38(33)19-26)28-9-5-6-25(22-41)39(28)42-34-10-3-1-7-29(34)30-8-2-4-11-35(30)42/h1-16,18-20,31,36H,17H2. The first-order chi connectivity index (χ1) is 21.7. The molecule has 0 radical (unpaired) electrons. The highest BCUT2D eigenvalue weighted by molar-refractivity contribution is 6.10. The average molecular weight is 566 g/mol. The highest BCUT2D eigenvalue weighted by Gasteiger charge is 2.34. The molecule has 2 aromatic heterocycles. The van der Waals surface area contributed by atoms with E-state index >= 15 is 0 Å². The van der Waals surface area contributed by atoms with E-state index < -0.39 is 0 Å². The van der Waals surface area contributed by atoms with Gasteiger partial charge in [-0.25, -0.2) is 0 Å². The molecule has 3 aliphatic rings. The van der Waals surface area contributed by atoms with Crippen LogP contribution >= 0.6 is 0 Å². The highest BCUT2D eigenvalue weighted by atomic mass is 16.5. The molecule has 2 aliphatic carbocycles. The molecule has 2 bridgehead atoms. The monoisotopic (exact) mass is 565 g/mol. The zero-order valence-corrected chi connectivity index (χ0v) is 23.5. The van der Waals surface area contributed by atoms with Crippen molar-refractivity contribution in [2.24, 2.45) is 5.92 Å². The molecule has 5 heteroatoms. The molecule has 1 fully saturated rings. The van der Waals surface area contributed by atoms with Crippen LogP contribution in [0.3, 0.4) is 0 Å². The normalized spacial score (nSPS) is 18.4. The first kappa shape index (κ1) is 24.5. The number of fused-ring (bicyclic) bond motifs is 10. The molecule has 2 unspecified atom stereocenters. The summed E-state index contributed by atoms with van der Waals surface area (Å²) >= 11 is 0. The number of hydrogen-bond acceptors (Lipinski definition) is 4. The van der Waals surface area contributed by atoms with Crippen molar-refractivity contribution >= 4 is 44.9 Å². The lowest BCUT2D eigenvalue weighted by Gasteiger charge is -2.33. The Labute approximate surface area is 253 Å². The number of nitriles is 2. The van der Waals surface area contributed by atoms with E-state index in [2.05, 4.69) is 83.5 Å². The SMILES string of the molecule is N#CC1=CC2C3=Cc4oc5ccc(-c6cccc(C#N)c6-n6c7ccccc7c7ccccc76)cc5c4C=C(C3)OC2C=C1. The van der Waals surface area contributed by atoms with Crippen molar-refractivity contribution in [3.05, 3.63) is 137 Å². The summed E-state index contributed by atoms with van der Waals surface area (Å²) in [5, 5.41) is 23.1. The lowest BCUT2D eigenvalue weighted by atomic mass is 9.83. The number of allylic oxidation sites excluding steroid dienone is 3. The van der Waals surface area contributed by atoms with Crippen molar-refractivity contribution in [3.8, 4) is 29.0 Å². The number of hydrogen-bond donors (Lipinski definition) is 0. The minimum atomic E-state index is -0.133. The Bertz CT molecular complexity index is 2380. The van der Waals surface area contributed by atoms with Gasteiger partial charge >= 0.3 is 0 Å². The molecule has 4 aromatic carbocycles. The van der Waals surface area contributed by atoms with Gasteiger partial charge in [-0.1, -0.05) is 60.7 Å². The summed E-state index contributed by atoms with van der Waals surface area (Å²) in [5.41, 5.74) is 9.14. The van der Waals surface area contributed by atoms with Gasteiger partial charge in [0, 0.05) is 45.2 Å². The van der Waals surface area contributed by atoms with Crippen LogP contribution in [0.15, 0.2) is 124 Å². The van der Waals surface area contributed by atoms with E-state index in [-0.39, 0.29) is 12.0 Å². The van der Waals surface area contributed by atoms with Gasteiger partial charge in [0.15, 0.2) is 0 Å². The average Bonchev–Trinajstić information content (AvgIpc) is 3.53. The third-order valence-electron chi connectivity index (χ3n) is 9.05. The maximum atomic E-state index is 10.3. The first-order valence-electron chi connectivity index (χ1n) is 14.7. The van der Waals surface area contributed by atoms with Crippen molar-refractivity contribution in [3.63, 3.8) is 0 Å². The Hall–Kier alpha value is -6.04. The largest absolute Gasteiger partial charge is 0.489 e. The predicted molar refractivity (Wildman–Crippen MR) is 172 cm³/mol. The molecule has 0 spiro atoms. The van der Waals surface area contributed by atoms with Crippen molar-refractivity contribution in [1.82, 2.24) is 4.57 Å². The topological polar surface area (TPSA) is 74.9 Å². The molecule has 1 aliphatic heterocycles. The number of para-hydroxylation sites is 3. The summed E-state index contributed by atoms with van der Waals surface area (Å²) < 4.78 is 15.1. The van der Waals surface area contributed by atoms with E-state index in [1.807, 2.05) is 48.6 Å². The van der Waals surface area contributed by atoms with Gasteiger partial charge in [-0.15, -0.1) is 0 Å². The fourth-order valence-corrected chi connectivity index (χ4v) is 7.09. The smallest absolute Gasteiger partial charge is 0.135 e. The van der Waals surface area contributed by atoms with Gasteiger partial charge in [-0.2, -0.15) is 10.5 Å². The molecule has 9 rings (SSSR count). The minimum Gasteiger partial charge on any atom is -0.489 e. The van der Waals surface area contributed by atoms with E-state index in [4.69, 9.17) is 9.15 Å². The second-order valence-corrected chi connectivity index (χ2v) is 11.5. The third-order valence-corrected chi connectivity index (χ3v) is 9.05. The van der Waals surface area contributed by atoms with E-state index in [1.165, 1.54) is 5.57 Å². The number of benzene rings is 4. The van der Waals surface area contributed by atoms with Crippen molar-refractivity contribution in [1.29, 1.82) is 10.5 Å². The van der Waals surface area contributed by atoms with Crippen LogP contribution in [-0.4, -0.2) is 10.7 Å². The molecular formula is C39H23N3O2. The van der Waals surface area contributed by atoms with Crippen LogP contribution in [0, 0.1) is 28.6 Å². The minimum absolute atomic E-state index is 0.00372. The molecule has 3 heterocycles. The van der Waals surface area contributed by atoms with Crippen LogP contribution in [0.2, 0.25) is 0 Å².